The number of aliphatic hydroxyl groups is 1. The van der Waals surface area contributed by atoms with E-state index in [1.54, 1.807) is 0 Å². The minimum atomic E-state index is -0.133. The molecule has 6 heteroatoms. The molecule has 2 aromatic heterocycles. The number of anilines is 1. The fourth-order valence-electron chi connectivity index (χ4n) is 3.84. The van der Waals surface area contributed by atoms with Gasteiger partial charge in [-0.05, 0) is 66.9 Å². The van der Waals surface area contributed by atoms with Crippen LogP contribution in [0.4, 0.5) is 5.95 Å². The van der Waals surface area contributed by atoms with Crippen LogP contribution in [0.1, 0.15) is 63.5 Å². The quantitative estimate of drug-likeness (QED) is 0.803. The van der Waals surface area contributed by atoms with E-state index in [2.05, 4.69) is 39.2 Å². The van der Waals surface area contributed by atoms with Crippen LogP contribution in [0.2, 0.25) is 0 Å². The van der Waals surface area contributed by atoms with Gasteiger partial charge in [-0.1, -0.05) is 12.8 Å². The molecule has 0 spiro atoms. The minimum absolute atomic E-state index is 0.133. The Bertz CT molecular complexity index is 719. The van der Waals surface area contributed by atoms with Crippen molar-refractivity contribution < 1.29 is 5.11 Å². The van der Waals surface area contributed by atoms with Crippen LogP contribution in [0.3, 0.4) is 0 Å². The molecule has 0 bridgehead atoms. The number of hydrogen-bond acceptors (Lipinski definition) is 4. The van der Waals surface area contributed by atoms with E-state index in [0.717, 1.165) is 41.6 Å². The molecule has 0 aromatic carbocycles. The molecule has 2 aliphatic rings. The molecule has 2 N–H and O–H groups in total. The highest BCUT2D eigenvalue weighted by atomic mass is 79.9. The van der Waals surface area contributed by atoms with Crippen LogP contribution < -0.4 is 5.32 Å². The Morgan fingerprint density at radius 3 is 2.75 bits per heavy atom. The second kappa shape index (κ2) is 6.64. The van der Waals surface area contributed by atoms with E-state index < -0.39 is 0 Å². The van der Waals surface area contributed by atoms with Crippen LogP contribution in [-0.2, 0) is 0 Å². The second-order valence-electron chi connectivity index (χ2n) is 7.53. The fourth-order valence-corrected chi connectivity index (χ4v) is 4.34. The fraction of sp³-hybridized carbons (Fsp3) is 0.667. The summed E-state index contributed by atoms with van der Waals surface area (Å²) in [6, 6.07) is 2.58. The zero-order chi connectivity index (χ0) is 16.7. The van der Waals surface area contributed by atoms with E-state index in [1.165, 1.54) is 25.0 Å². The van der Waals surface area contributed by atoms with Crippen LogP contribution >= 0.6 is 15.9 Å². The lowest BCUT2D eigenvalue weighted by atomic mass is 9.85. The lowest BCUT2D eigenvalue weighted by molar-refractivity contribution is 0.121. The summed E-state index contributed by atoms with van der Waals surface area (Å²) in [7, 11) is 0. The van der Waals surface area contributed by atoms with Gasteiger partial charge < -0.3 is 10.4 Å². The summed E-state index contributed by atoms with van der Waals surface area (Å²) in [6.45, 7) is 2.21. The number of aliphatic hydroxyl groups excluding tert-OH is 1. The van der Waals surface area contributed by atoms with Crippen molar-refractivity contribution in [3.05, 3.63) is 22.4 Å². The minimum Gasteiger partial charge on any atom is -0.393 e. The lowest BCUT2D eigenvalue weighted by Gasteiger charge is -2.25. The maximum atomic E-state index is 9.76. The summed E-state index contributed by atoms with van der Waals surface area (Å²) < 4.78 is 3.08. The first-order valence-electron chi connectivity index (χ1n) is 9.09. The van der Waals surface area contributed by atoms with Crippen molar-refractivity contribution in [3.63, 3.8) is 0 Å². The first-order valence-corrected chi connectivity index (χ1v) is 9.88. The van der Waals surface area contributed by atoms with E-state index in [4.69, 9.17) is 5.10 Å². The molecule has 2 aliphatic carbocycles. The molecule has 24 heavy (non-hydrogen) atoms. The molecule has 2 fully saturated rings. The van der Waals surface area contributed by atoms with Gasteiger partial charge in [0.15, 0.2) is 0 Å². The van der Waals surface area contributed by atoms with Gasteiger partial charge >= 0.3 is 0 Å². The van der Waals surface area contributed by atoms with Crippen molar-refractivity contribution in [1.82, 2.24) is 14.6 Å². The summed E-state index contributed by atoms with van der Waals surface area (Å²) in [4.78, 5) is 4.49. The standard InChI is InChI=1S/C18H25BrN4O/c1-11(8-12-2-3-12)21-18-20-10-17-15(19)9-16(23(17)22-18)13-4-6-14(24)7-5-13/h9-14,24H,2-8H2,1H3,(H,21,22)/t11?,13-,14-. The smallest absolute Gasteiger partial charge is 0.241 e. The number of nitrogens with zero attached hydrogens (tertiary/aromatic N) is 3. The molecule has 0 radical (unpaired) electrons. The van der Waals surface area contributed by atoms with Crippen LogP contribution in [0.15, 0.2) is 16.7 Å². The first-order chi connectivity index (χ1) is 11.6. The van der Waals surface area contributed by atoms with Crippen LogP contribution in [0.25, 0.3) is 5.52 Å². The van der Waals surface area contributed by atoms with Gasteiger partial charge in [-0.3, -0.25) is 0 Å². The number of hydrogen-bond donors (Lipinski definition) is 2. The number of halogens is 1. The zero-order valence-corrected chi connectivity index (χ0v) is 15.7. The highest BCUT2D eigenvalue weighted by molar-refractivity contribution is 9.10. The van der Waals surface area contributed by atoms with Crippen molar-refractivity contribution in [1.29, 1.82) is 0 Å². The van der Waals surface area contributed by atoms with Crippen molar-refractivity contribution in [3.8, 4) is 0 Å². The van der Waals surface area contributed by atoms with Gasteiger partial charge in [-0.25, -0.2) is 9.50 Å². The molecule has 2 heterocycles. The molecule has 0 aliphatic heterocycles. The Balaban J connectivity index is 1.58. The van der Waals surface area contributed by atoms with Crippen LogP contribution in [0, 0.1) is 5.92 Å². The molecule has 1 atom stereocenters. The molecular formula is C18H25BrN4O. The van der Waals surface area contributed by atoms with Gasteiger partial charge in [0.05, 0.1) is 17.8 Å². The summed E-state index contributed by atoms with van der Waals surface area (Å²) in [5.41, 5.74) is 2.24. The van der Waals surface area contributed by atoms with Crippen molar-refractivity contribution in [2.24, 2.45) is 5.92 Å². The Hall–Kier alpha value is -1.14. The highest BCUT2D eigenvalue weighted by Gasteiger charge is 2.26. The summed E-state index contributed by atoms with van der Waals surface area (Å²) >= 11 is 3.64. The molecule has 2 saturated carbocycles. The third-order valence-corrected chi connectivity index (χ3v) is 6.01. The van der Waals surface area contributed by atoms with Crippen LogP contribution in [0.5, 0.6) is 0 Å². The topological polar surface area (TPSA) is 62.5 Å². The Morgan fingerprint density at radius 2 is 2.04 bits per heavy atom. The molecule has 2 aromatic rings. The molecule has 0 saturated heterocycles. The summed E-state index contributed by atoms with van der Waals surface area (Å²) in [5.74, 6) is 2.05. The largest absolute Gasteiger partial charge is 0.393 e. The predicted molar refractivity (Wildman–Crippen MR) is 98.3 cm³/mol. The number of fused-ring (bicyclic) bond motifs is 1. The van der Waals surface area contributed by atoms with Crippen LogP contribution in [-0.4, -0.2) is 31.9 Å². The van der Waals surface area contributed by atoms with E-state index in [1.807, 2.05) is 10.7 Å². The third-order valence-electron chi connectivity index (χ3n) is 5.37. The van der Waals surface area contributed by atoms with Gasteiger partial charge in [0, 0.05) is 22.1 Å². The van der Waals surface area contributed by atoms with Gasteiger partial charge in [0.25, 0.3) is 0 Å². The summed E-state index contributed by atoms with van der Waals surface area (Å²) in [5, 5.41) is 18.0. The first kappa shape index (κ1) is 16.3. The molecular weight excluding hydrogens is 368 g/mol. The van der Waals surface area contributed by atoms with Gasteiger partial charge in [0.1, 0.15) is 0 Å². The van der Waals surface area contributed by atoms with Gasteiger partial charge in [-0.2, -0.15) is 0 Å². The maximum absolute atomic E-state index is 9.76. The number of nitrogens with one attached hydrogen (secondary N) is 1. The van der Waals surface area contributed by atoms with Crippen molar-refractivity contribution in [2.45, 2.75) is 69.9 Å². The third kappa shape index (κ3) is 3.45. The zero-order valence-electron chi connectivity index (χ0n) is 14.1. The van der Waals surface area contributed by atoms with Crippen molar-refractivity contribution in [2.75, 3.05) is 5.32 Å². The van der Waals surface area contributed by atoms with Crippen molar-refractivity contribution >= 4 is 27.4 Å². The Labute approximate surface area is 151 Å². The Morgan fingerprint density at radius 1 is 1.29 bits per heavy atom. The molecule has 4 rings (SSSR count). The highest BCUT2D eigenvalue weighted by Crippen LogP contribution is 2.36. The normalized spacial score (nSPS) is 25.8. The number of rotatable bonds is 5. The number of aromatic nitrogens is 3. The van der Waals surface area contributed by atoms with E-state index in [-0.39, 0.29) is 6.10 Å². The second-order valence-corrected chi connectivity index (χ2v) is 8.38. The van der Waals surface area contributed by atoms with Gasteiger partial charge in [-0.15, -0.1) is 5.10 Å². The van der Waals surface area contributed by atoms with E-state index in [9.17, 15) is 5.11 Å². The lowest BCUT2D eigenvalue weighted by Crippen LogP contribution is -2.20. The molecule has 130 valence electrons. The molecule has 1 unspecified atom stereocenters. The van der Waals surface area contributed by atoms with E-state index >= 15 is 0 Å². The Kier molecular flexibility index (Phi) is 4.52. The van der Waals surface area contributed by atoms with E-state index in [0.29, 0.717) is 17.9 Å². The average Bonchev–Trinajstić information content (AvgIpc) is 3.31. The van der Waals surface area contributed by atoms with Gasteiger partial charge in [0.2, 0.25) is 5.95 Å². The molecule has 5 nitrogen and oxygen atoms in total. The summed E-state index contributed by atoms with van der Waals surface area (Å²) in [6.07, 6.45) is 9.49. The average molecular weight is 393 g/mol. The SMILES string of the molecule is CC(CC1CC1)Nc1ncc2c(Br)cc([C@H]3CC[C@H](O)CC3)n2n1. The molecule has 0 amide bonds. The monoisotopic (exact) mass is 392 g/mol. The maximum Gasteiger partial charge on any atom is 0.241 e. The predicted octanol–water partition coefficient (Wildman–Crippen LogP) is 4.11.